The number of halogens is 2. The average molecular weight is 203 g/mol. The van der Waals surface area contributed by atoms with Crippen LogP contribution >= 0.6 is 23.2 Å². The van der Waals surface area contributed by atoms with Crippen LogP contribution in [0.25, 0.3) is 0 Å². The van der Waals surface area contributed by atoms with E-state index in [0.29, 0.717) is 9.52 Å². The van der Waals surface area contributed by atoms with Gasteiger partial charge in [0.25, 0.3) is 0 Å². The zero-order chi connectivity index (χ0) is 8.10. The molecule has 1 aromatic rings. The molecule has 0 bridgehead atoms. The normalized spacial score (nSPS) is 10.5. The van der Waals surface area contributed by atoms with E-state index in [4.69, 9.17) is 23.2 Å². The van der Waals surface area contributed by atoms with Crippen molar-refractivity contribution in [3.05, 3.63) is 35.9 Å². The van der Waals surface area contributed by atoms with Crippen LogP contribution in [0, 0.1) is 0 Å². The fourth-order valence-electron chi connectivity index (χ4n) is 0.791. The van der Waals surface area contributed by atoms with E-state index in [2.05, 4.69) is 12.1 Å². The van der Waals surface area contributed by atoms with Crippen molar-refractivity contribution in [1.29, 1.82) is 0 Å². The van der Waals surface area contributed by atoms with E-state index < -0.39 is 0 Å². The first kappa shape index (κ1) is 9.11. The third-order valence-electron chi connectivity index (χ3n) is 1.30. The molecule has 0 aromatic heterocycles. The maximum atomic E-state index is 5.61. The molecule has 58 valence electrons. The second kappa shape index (κ2) is 4.81. The fraction of sp³-hybridized carbons (Fsp3) is 0.250. The number of hydrogen-bond donors (Lipinski definition) is 0. The third kappa shape index (κ3) is 3.80. The summed E-state index contributed by atoms with van der Waals surface area (Å²) < 4.78 is -0.213. The highest BCUT2D eigenvalue weighted by atomic mass is 35.5. The molecule has 0 saturated carbocycles. The summed E-state index contributed by atoms with van der Waals surface area (Å²) in [6.45, 7) is 0. The number of rotatable bonds is 3. The van der Waals surface area contributed by atoms with Gasteiger partial charge in [-0.05, 0) is 6.04 Å². The number of hydrogen-bond acceptors (Lipinski definition) is 0. The van der Waals surface area contributed by atoms with Gasteiger partial charge in [-0.15, -0.1) is 23.2 Å². The molecule has 0 N–H and O–H groups in total. The van der Waals surface area contributed by atoms with Crippen molar-refractivity contribution < 1.29 is 0 Å². The molecule has 0 spiro atoms. The van der Waals surface area contributed by atoms with Gasteiger partial charge in [-0.2, -0.15) is 0 Å². The lowest BCUT2D eigenvalue weighted by Crippen LogP contribution is -2.05. The minimum Gasteiger partial charge on any atom is -0.110 e. The van der Waals surface area contributed by atoms with E-state index >= 15 is 0 Å². The summed E-state index contributed by atoms with van der Waals surface area (Å²) in [4.78, 5) is 0. The molecule has 0 aliphatic heterocycles. The highest BCUT2D eigenvalue weighted by molar-refractivity contribution is 6.68. The number of alkyl halides is 2. The van der Waals surface area contributed by atoms with Gasteiger partial charge in [0, 0.05) is 0 Å². The molecule has 0 unspecified atom stereocenters. The Hall–Kier alpha value is 0.0169. The Bertz CT molecular complexity index is 199. The van der Waals surface area contributed by atoms with Crippen LogP contribution < -0.4 is 0 Å². The largest absolute Gasteiger partial charge is 0.110 e. The zero-order valence-corrected chi connectivity index (χ0v) is 8.44. The molecule has 2 radical (unpaired) electrons. The van der Waals surface area contributed by atoms with E-state index in [-0.39, 0.29) is 4.46 Å². The molecule has 0 fully saturated rings. The van der Waals surface area contributed by atoms with E-state index in [1.807, 2.05) is 18.2 Å². The predicted molar refractivity (Wildman–Crippen MR) is 51.4 cm³/mol. The molecule has 11 heavy (non-hydrogen) atoms. The summed E-state index contributed by atoms with van der Waals surface area (Å²) in [5.74, 6) is 0. The maximum Gasteiger partial charge on any atom is 0.0932 e. The van der Waals surface area contributed by atoms with E-state index in [9.17, 15) is 0 Å². The highest BCUT2D eigenvalue weighted by Gasteiger charge is 2.00. The van der Waals surface area contributed by atoms with Gasteiger partial charge in [0.05, 0.1) is 14.0 Å². The van der Waals surface area contributed by atoms with Crippen LogP contribution in [-0.2, 0) is 6.04 Å². The van der Waals surface area contributed by atoms with Crippen LogP contribution in [0.3, 0.4) is 0 Å². The molecule has 0 aliphatic rings. The van der Waals surface area contributed by atoms with E-state index in [1.165, 1.54) is 5.56 Å². The van der Waals surface area contributed by atoms with Crippen molar-refractivity contribution >= 4 is 32.7 Å². The van der Waals surface area contributed by atoms with Crippen LogP contribution in [0.4, 0.5) is 0 Å². The van der Waals surface area contributed by atoms with Gasteiger partial charge in [-0.1, -0.05) is 35.9 Å². The van der Waals surface area contributed by atoms with E-state index in [1.54, 1.807) is 0 Å². The summed E-state index contributed by atoms with van der Waals surface area (Å²) >= 11 is 11.2. The Morgan fingerprint density at radius 2 is 1.82 bits per heavy atom. The maximum absolute atomic E-state index is 5.61. The van der Waals surface area contributed by atoms with Gasteiger partial charge in [-0.25, -0.2) is 0 Å². The van der Waals surface area contributed by atoms with Gasteiger partial charge in [0.1, 0.15) is 0 Å². The minimum atomic E-state index is -0.213. The summed E-state index contributed by atoms with van der Waals surface area (Å²) in [7, 11) is 0.597. The Morgan fingerprint density at radius 3 is 2.36 bits per heavy atom. The summed E-state index contributed by atoms with van der Waals surface area (Å²) in [5, 5.41) is 0. The molecular weight excluding hydrogens is 195 g/mol. The van der Waals surface area contributed by atoms with Gasteiger partial charge in [0.2, 0.25) is 0 Å². The fourth-order valence-corrected chi connectivity index (χ4v) is 1.88. The van der Waals surface area contributed by atoms with E-state index in [0.717, 1.165) is 6.04 Å². The van der Waals surface area contributed by atoms with Gasteiger partial charge >= 0.3 is 0 Å². The van der Waals surface area contributed by atoms with Crippen LogP contribution in [0.15, 0.2) is 30.3 Å². The quantitative estimate of drug-likeness (QED) is 0.523. The standard InChI is InChI=1S/C8H8Cl2Si/c9-8(10)11-6-7-4-2-1-3-5-7/h1-5,8H,6H2. The van der Waals surface area contributed by atoms with Crippen molar-refractivity contribution in [2.45, 2.75) is 10.5 Å². The summed E-state index contributed by atoms with van der Waals surface area (Å²) in [6, 6.07) is 11.2. The molecule has 0 amide bonds. The van der Waals surface area contributed by atoms with Crippen molar-refractivity contribution in [1.82, 2.24) is 0 Å². The lowest BCUT2D eigenvalue weighted by atomic mass is 10.2. The predicted octanol–water partition coefficient (Wildman–Crippen LogP) is 2.65. The van der Waals surface area contributed by atoms with Gasteiger partial charge in [0.15, 0.2) is 0 Å². The lowest BCUT2D eigenvalue weighted by molar-refractivity contribution is 1.37. The smallest absolute Gasteiger partial charge is 0.0932 e. The Kier molecular flexibility index (Phi) is 3.98. The van der Waals surface area contributed by atoms with Crippen molar-refractivity contribution in [3.63, 3.8) is 0 Å². The monoisotopic (exact) mass is 202 g/mol. The molecule has 0 atom stereocenters. The first-order valence-electron chi connectivity index (χ1n) is 3.34. The first-order chi connectivity index (χ1) is 5.29. The van der Waals surface area contributed by atoms with Gasteiger partial charge < -0.3 is 0 Å². The zero-order valence-electron chi connectivity index (χ0n) is 5.93. The average Bonchev–Trinajstić information content (AvgIpc) is 2.03. The molecule has 3 heteroatoms. The topological polar surface area (TPSA) is 0 Å². The molecular formula is C8H8Cl2Si. The molecule has 0 heterocycles. The highest BCUT2D eigenvalue weighted by Crippen LogP contribution is 2.04. The van der Waals surface area contributed by atoms with Crippen LogP contribution in [0.1, 0.15) is 5.56 Å². The molecule has 0 nitrogen and oxygen atoms in total. The summed E-state index contributed by atoms with van der Waals surface area (Å²) in [5.41, 5.74) is 1.30. The van der Waals surface area contributed by atoms with Gasteiger partial charge in [-0.3, -0.25) is 0 Å². The van der Waals surface area contributed by atoms with Crippen molar-refractivity contribution in [2.75, 3.05) is 0 Å². The number of benzene rings is 1. The minimum absolute atomic E-state index is 0.213. The molecule has 1 rings (SSSR count). The Balaban J connectivity index is 2.39. The SMILES string of the molecule is ClC(Cl)[Si]Cc1ccccc1. The molecule has 0 aliphatic carbocycles. The molecule has 1 aromatic carbocycles. The van der Waals surface area contributed by atoms with Crippen molar-refractivity contribution in [2.24, 2.45) is 0 Å². The Labute approximate surface area is 79.3 Å². The first-order valence-corrected chi connectivity index (χ1v) is 5.50. The molecule has 0 saturated heterocycles. The second-order valence-corrected chi connectivity index (χ2v) is 5.33. The summed E-state index contributed by atoms with van der Waals surface area (Å²) in [6.07, 6.45) is 0. The Morgan fingerprint density at radius 1 is 1.18 bits per heavy atom. The van der Waals surface area contributed by atoms with Crippen LogP contribution in [-0.4, -0.2) is 14.0 Å². The van der Waals surface area contributed by atoms with Crippen LogP contribution in [0.5, 0.6) is 0 Å². The lowest BCUT2D eigenvalue weighted by Gasteiger charge is -1.98. The third-order valence-corrected chi connectivity index (χ3v) is 3.15. The second-order valence-electron chi connectivity index (χ2n) is 2.17. The van der Waals surface area contributed by atoms with Crippen molar-refractivity contribution in [3.8, 4) is 0 Å². The van der Waals surface area contributed by atoms with Crippen LogP contribution in [0.2, 0.25) is 0 Å².